The molecule has 1 aliphatic rings. The van der Waals surface area contributed by atoms with Gasteiger partial charge < -0.3 is 9.47 Å². The summed E-state index contributed by atoms with van der Waals surface area (Å²) < 4.78 is 38.7. The molecule has 1 heterocycles. The molecule has 1 N–H and O–H groups in total. The van der Waals surface area contributed by atoms with Crippen LogP contribution >= 0.6 is 11.6 Å². The SMILES string of the molecule is COc1ccc(S(=O)(=O)NCC(c2cccc(Cl)c2)N2CCOCC2)c([N+](=O)[O-])c1. The fourth-order valence-electron chi connectivity index (χ4n) is 3.32. The van der Waals surface area contributed by atoms with Gasteiger partial charge in [0.2, 0.25) is 10.0 Å². The number of nitrogens with zero attached hydrogens (tertiary/aromatic N) is 2. The van der Waals surface area contributed by atoms with Gasteiger partial charge >= 0.3 is 0 Å². The van der Waals surface area contributed by atoms with Gasteiger partial charge in [0, 0.05) is 30.7 Å². The molecule has 1 unspecified atom stereocenters. The monoisotopic (exact) mass is 455 g/mol. The van der Waals surface area contributed by atoms with Crippen molar-refractivity contribution in [3.63, 3.8) is 0 Å². The molecular weight excluding hydrogens is 434 g/mol. The minimum Gasteiger partial charge on any atom is -0.497 e. The summed E-state index contributed by atoms with van der Waals surface area (Å²) in [7, 11) is -2.80. The van der Waals surface area contributed by atoms with E-state index in [9.17, 15) is 18.5 Å². The van der Waals surface area contributed by atoms with Gasteiger partial charge in [0.15, 0.2) is 4.90 Å². The standard InChI is InChI=1S/C19H22ClN3O6S/c1-28-16-5-6-19(17(12-16)23(24)25)30(26,27)21-13-18(22-7-9-29-10-8-22)14-3-2-4-15(20)11-14/h2-6,11-12,18,21H,7-10,13H2,1H3. The van der Waals surface area contributed by atoms with Crippen molar-refractivity contribution in [1.82, 2.24) is 9.62 Å². The number of nitro benzene ring substituents is 1. The Balaban J connectivity index is 1.88. The van der Waals surface area contributed by atoms with Gasteiger partial charge in [-0.15, -0.1) is 0 Å². The predicted molar refractivity (Wildman–Crippen MR) is 111 cm³/mol. The van der Waals surface area contributed by atoms with Crippen molar-refractivity contribution < 1.29 is 22.8 Å². The number of benzene rings is 2. The molecular formula is C19H22ClN3O6S. The lowest BCUT2D eigenvalue weighted by Crippen LogP contribution is -2.43. The van der Waals surface area contributed by atoms with Crippen LogP contribution in [0.4, 0.5) is 5.69 Å². The highest BCUT2D eigenvalue weighted by molar-refractivity contribution is 7.89. The number of methoxy groups -OCH3 is 1. The summed E-state index contributed by atoms with van der Waals surface area (Å²) in [5.74, 6) is 0.200. The lowest BCUT2D eigenvalue weighted by molar-refractivity contribution is -0.387. The maximum absolute atomic E-state index is 12.9. The molecule has 0 saturated carbocycles. The summed E-state index contributed by atoms with van der Waals surface area (Å²) in [6.07, 6.45) is 0. The van der Waals surface area contributed by atoms with Crippen molar-refractivity contribution in [3.8, 4) is 5.75 Å². The largest absolute Gasteiger partial charge is 0.497 e. The van der Waals surface area contributed by atoms with Crippen LogP contribution in [-0.2, 0) is 14.8 Å². The zero-order valence-corrected chi connectivity index (χ0v) is 17.9. The molecule has 1 saturated heterocycles. The van der Waals surface area contributed by atoms with E-state index in [0.29, 0.717) is 31.3 Å². The summed E-state index contributed by atoms with van der Waals surface area (Å²) in [6, 6.07) is 10.5. The maximum Gasteiger partial charge on any atom is 0.293 e. The first kappa shape index (κ1) is 22.4. The number of ether oxygens (including phenoxy) is 2. The summed E-state index contributed by atoms with van der Waals surface area (Å²) in [5.41, 5.74) is 0.295. The van der Waals surface area contributed by atoms with E-state index in [2.05, 4.69) is 9.62 Å². The number of hydrogen-bond donors (Lipinski definition) is 1. The normalized spacial score (nSPS) is 16.2. The van der Waals surface area contributed by atoms with Crippen LogP contribution in [0.3, 0.4) is 0 Å². The molecule has 0 amide bonds. The molecule has 0 aromatic heterocycles. The highest BCUT2D eigenvalue weighted by atomic mass is 35.5. The molecule has 162 valence electrons. The van der Waals surface area contributed by atoms with Crippen LogP contribution in [0, 0.1) is 10.1 Å². The van der Waals surface area contributed by atoms with Crippen molar-refractivity contribution in [2.75, 3.05) is 40.0 Å². The number of nitrogens with one attached hydrogen (secondary N) is 1. The van der Waals surface area contributed by atoms with Crippen molar-refractivity contribution in [2.24, 2.45) is 0 Å². The topological polar surface area (TPSA) is 111 Å². The molecule has 2 aromatic rings. The zero-order valence-electron chi connectivity index (χ0n) is 16.3. The molecule has 1 atom stereocenters. The fourth-order valence-corrected chi connectivity index (χ4v) is 4.71. The van der Waals surface area contributed by atoms with Gasteiger partial charge in [-0.1, -0.05) is 23.7 Å². The Kier molecular flexibility index (Phi) is 7.27. The molecule has 3 rings (SSSR count). The van der Waals surface area contributed by atoms with Gasteiger partial charge in [-0.2, -0.15) is 0 Å². The number of sulfonamides is 1. The first-order valence-electron chi connectivity index (χ1n) is 9.21. The highest BCUT2D eigenvalue weighted by Gasteiger charge is 2.29. The quantitative estimate of drug-likeness (QED) is 0.481. The van der Waals surface area contributed by atoms with Crippen LogP contribution in [0.2, 0.25) is 5.02 Å². The summed E-state index contributed by atoms with van der Waals surface area (Å²) in [4.78, 5) is 12.3. The molecule has 0 aliphatic carbocycles. The third kappa shape index (κ3) is 5.27. The van der Waals surface area contributed by atoms with Gasteiger partial charge in [-0.25, -0.2) is 13.1 Å². The highest BCUT2D eigenvalue weighted by Crippen LogP contribution is 2.29. The van der Waals surface area contributed by atoms with Gasteiger partial charge in [-0.3, -0.25) is 15.0 Å². The van der Waals surface area contributed by atoms with E-state index in [1.54, 1.807) is 18.2 Å². The first-order valence-corrected chi connectivity index (χ1v) is 11.1. The van der Waals surface area contributed by atoms with Crippen LogP contribution in [0.5, 0.6) is 5.75 Å². The lowest BCUT2D eigenvalue weighted by Gasteiger charge is -2.35. The van der Waals surface area contributed by atoms with Crippen molar-refractivity contribution in [2.45, 2.75) is 10.9 Å². The Labute approximate surface area is 179 Å². The van der Waals surface area contributed by atoms with Gasteiger partial charge in [0.25, 0.3) is 5.69 Å². The number of hydrogen-bond acceptors (Lipinski definition) is 7. The molecule has 11 heteroatoms. The lowest BCUT2D eigenvalue weighted by atomic mass is 10.1. The maximum atomic E-state index is 12.9. The Morgan fingerprint density at radius 1 is 1.27 bits per heavy atom. The van der Waals surface area contributed by atoms with E-state index in [1.165, 1.54) is 19.2 Å². The van der Waals surface area contributed by atoms with E-state index in [4.69, 9.17) is 21.1 Å². The fraction of sp³-hybridized carbons (Fsp3) is 0.368. The average Bonchev–Trinajstić information content (AvgIpc) is 2.74. The predicted octanol–water partition coefficient (Wildman–Crippen LogP) is 2.61. The molecule has 0 spiro atoms. The Morgan fingerprint density at radius 3 is 2.63 bits per heavy atom. The average molecular weight is 456 g/mol. The molecule has 30 heavy (non-hydrogen) atoms. The van der Waals surface area contributed by atoms with E-state index in [1.807, 2.05) is 6.07 Å². The molecule has 0 bridgehead atoms. The third-order valence-electron chi connectivity index (χ3n) is 4.84. The third-order valence-corrected chi connectivity index (χ3v) is 6.54. The summed E-state index contributed by atoms with van der Waals surface area (Å²) in [6.45, 7) is 2.34. The summed E-state index contributed by atoms with van der Waals surface area (Å²) >= 11 is 6.13. The van der Waals surface area contributed by atoms with Gasteiger partial charge in [-0.05, 0) is 29.8 Å². The second-order valence-electron chi connectivity index (χ2n) is 6.66. The first-order chi connectivity index (χ1) is 14.3. The molecule has 1 aliphatic heterocycles. The minimum atomic E-state index is -4.15. The number of halogens is 1. The summed E-state index contributed by atoms with van der Waals surface area (Å²) in [5, 5.41) is 11.9. The Morgan fingerprint density at radius 2 is 2.00 bits per heavy atom. The number of morpholine rings is 1. The zero-order chi connectivity index (χ0) is 21.7. The van der Waals surface area contributed by atoms with Crippen LogP contribution in [-0.4, -0.2) is 58.2 Å². The van der Waals surface area contributed by atoms with Gasteiger partial charge in [0.1, 0.15) is 5.75 Å². The smallest absolute Gasteiger partial charge is 0.293 e. The molecule has 9 nitrogen and oxygen atoms in total. The molecule has 0 radical (unpaired) electrons. The van der Waals surface area contributed by atoms with Crippen molar-refractivity contribution >= 4 is 27.3 Å². The Hall–Kier alpha value is -2.24. The van der Waals surface area contributed by atoms with E-state index in [-0.39, 0.29) is 18.3 Å². The van der Waals surface area contributed by atoms with Crippen LogP contribution in [0.25, 0.3) is 0 Å². The number of rotatable bonds is 8. The second kappa shape index (κ2) is 9.71. The van der Waals surface area contributed by atoms with E-state index in [0.717, 1.165) is 11.6 Å². The number of nitro groups is 1. The van der Waals surface area contributed by atoms with Crippen LogP contribution < -0.4 is 9.46 Å². The molecule has 2 aromatic carbocycles. The van der Waals surface area contributed by atoms with Crippen molar-refractivity contribution in [1.29, 1.82) is 0 Å². The van der Waals surface area contributed by atoms with E-state index >= 15 is 0 Å². The van der Waals surface area contributed by atoms with Gasteiger partial charge in [0.05, 0.1) is 31.3 Å². The van der Waals surface area contributed by atoms with Crippen LogP contribution in [0.15, 0.2) is 47.4 Å². The second-order valence-corrected chi connectivity index (χ2v) is 8.83. The minimum absolute atomic E-state index is 0.0197. The van der Waals surface area contributed by atoms with Crippen LogP contribution in [0.1, 0.15) is 11.6 Å². The van der Waals surface area contributed by atoms with E-state index < -0.39 is 25.5 Å². The molecule has 1 fully saturated rings. The van der Waals surface area contributed by atoms with Crippen molar-refractivity contribution in [3.05, 3.63) is 63.2 Å². The Bertz CT molecular complexity index is 1010.